The molecule has 0 saturated carbocycles. The average Bonchev–Trinajstić information content (AvgIpc) is 2.87. The van der Waals surface area contributed by atoms with Crippen molar-refractivity contribution in [1.82, 2.24) is 0 Å². The summed E-state index contributed by atoms with van der Waals surface area (Å²) in [6.07, 6.45) is 0.726. The van der Waals surface area contributed by atoms with E-state index in [9.17, 15) is 9.59 Å². The van der Waals surface area contributed by atoms with Gasteiger partial charge in [0.25, 0.3) is 5.91 Å². The van der Waals surface area contributed by atoms with E-state index in [0.717, 1.165) is 12.0 Å². The highest BCUT2D eigenvalue weighted by Crippen LogP contribution is 2.38. The van der Waals surface area contributed by atoms with E-state index in [4.69, 9.17) is 25.8 Å². The number of anilines is 1. The van der Waals surface area contributed by atoms with Crippen molar-refractivity contribution in [3.8, 4) is 11.5 Å². The molecule has 0 unspecified atom stereocenters. The number of amides is 1. The SMILES string of the molecule is Cc1ccc(NC(=O)COC(=O)c2cc(Cl)c3c(c2)OCCCO3)cc1. The number of halogens is 1. The molecule has 2 aromatic carbocycles. The normalized spacial score (nSPS) is 12.8. The number of nitrogens with one attached hydrogen (secondary N) is 1. The maximum Gasteiger partial charge on any atom is 0.338 e. The van der Waals surface area contributed by atoms with Gasteiger partial charge in [-0.05, 0) is 31.2 Å². The highest BCUT2D eigenvalue weighted by atomic mass is 35.5. The third kappa shape index (κ3) is 4.46. The first kappa shape index (κ1) is 18.1. The Hall–Kier alpha value is -2.73. The lowest BCUT2D eigenvalue weighted by Crippen LogP contribution is -2.21. The van der Waals surface area contributed by atoms with Gasteiger partial charge in [-0.3, -0.25) is 4.79 Å². The first-order chi connectivity index (χ1) is 12.5. The minimum absolute atomic E-state index is 0.197. The lowest BCUT2D eigenvalue weighted by molar-refractivity contribution is -0.119. The predicted octanol–water partition coefficient (Wildman–Crippen LogP) is 3.61. The number of ether oxygens (including phenoxy) is 3. The molecule has 0 aliphatic carbocycles. The number of esters is 1. The number of aryl methyl sites for hydroxylation is 1. The van der Waals surface area contributed by atoms with Crippen molar-refractivity contribution in [3.05, 3.63) is 52.5 Å². The van der Waals surface area contributed by atoms with Crippen LogP contribution in [0, 0.1) is 6.92 Å². The van der Waals surface area contributed by atoms with Crippen molar-refractivity contribution in [1.29, 1.82) is 0 Å². The predicted molar refractivity (Wildman–Crippen MR) is 97.2 cm³/mol. The Morgan fingerprint density at radius 1 is 1.15 bits per heavy atom. The van der Waals surface area contributed by atoms with Crippen LogP contribution in [-0.2, 0) is 9.53 Å². The molecule has 26 heavy (non-hydrogen) atoms. The van der Waals surface area contributed by atoms with Gasteiger partial charge in [0, 0.05) is 12.1 Å². The van der Waals surface area contributed by atoms with Gasteiger partial charge in [0.15, 0.2) is 18.1 Å². The number of benzene rings is 2. The maximum absolute atomic E-state index is 12.2. The molecule has 7 heteroatoms. The zero-order valence-corrected chi connectivity index (χ0v) is 15.0. The summed E-state index contributed by atoms with van der Waals surface area (Å²) in [5, 5.41) is 2.92. The van der Waals surface area contributed by atoms with Crippen LogP contribution >= 0.6 is 11.6 Å². The largest absolute Gasteiger partial charge is 0.489 e. The summed E-state index contributed by atoms with van der Waals surface area (Å²) in [5.74, 6) is -0.284. The molecular formula is C19H18ClNO5. The Balaban J connectivity index is 1.61. The molecule has 1 aliphatic rings. The van der Waals surface area contributed by atoms with Gasteiger partial charge < -0.3 is 19.5 Å². The summed E-state index contributed by atoms with van der Waals surface area (Å²) in [4.78, 5) is 24.1. The van der Waals surface area contributed by atoms with Gasteiger partial charge in [0.05, 0.1) is 23.8 Å². The molecule has 0 radical (unpaired) electrons. The van der Waals surface area contributed by atoms with Gasteiger partial charge in [-0.25, -0.2) is 4.79 Å². The monoisotopic (exact) mass is 375 g/mol. The van der Waals surface area contributed by atoms with Gasteiger partial charge in [-0.2, -0.15) is 0 Å². The minimum atomic E-state index is -0.665. The second kappa shape index (κ2) is 8.10. The van der Waals surface area contributed by atoms with Gasteiger partial charge in [-0.15, -0.1) is 0 Å². The van der Waals surface area contributed by atoms with E-state index in [1.807, 2.05) is 19.1 Å². The van der Waals surface area contributed by atoms with E-state index in [1.54, 1.807) is 12.1 Å². The van der Waals surface area contributed by atoms with Crippen molar-refractivity contribution in [2.24, 2.45) is 0 Å². The summed E-state index contributed by atoms with van der Waals surface area (Å²) >= 11 is 6.15. The molecule has 3 rings (SSSR count). The van der Waals surface area contributed by atoms with Gasteiger partial charge in [0.1, 0.15) is 0 Å². The summed E-state index contributed by atoms with van der Waals surface area (Å²) in [7, 11) is 0. The highest BCUT2D eigenvalue weighted by Gasteiger charge is 2.19. The van der Waals surface area contributed by atoms with E-state index in [-0.39, 0.29) is 10.6 Å². The third-order valence-electron chi connectivity index (χ3n) is 3.71. The van der Waals surface area contributed by atoms with Crippen LogP contribution in [0.1, 0.15) is 22.3 Å². The third-order valence-corrected chi connectivity index (χ3v) is 3.99. The molecule has 0 spiro atoms. The van der Waals surface area contributed by atoms with Crippen LogP contribution in [0.5, 0.6) is 11.5 Å². The van der Waals surface area contributed by atoms with Crippen LogP contribution in [0.25, 0.3) is 0 Å². The molecule has 0 fully saturated rings. The smallest absolute Gasteiger partial charge is 0.338 e. The number of carbonyl (C=O) groups excluding carboxylic acids is 2. The van der Waals surface area contributed by atoms with E-state index in [2.05, 4.69) is 5.32 Å². The Bertz CT molecular complexity index is 819. The first-order valence-electron chi connectivity index (χ1n) is 8.16. The van der Waals surface area contributed by atoms with Crippen molar-refractivity contribution in [3.63, 3.8) is 0 Å². The zero-order valence-electron chi connectivity index (χ0n) is 14.2. The molecule has 6 nitrogen and oxygen atoms in total. The number of fused-ring (bicyclic) bond motifs is 1. The molecule has 1 heterocycles. The Kier molecular flexibility index (Phi) is 5.63. The lowest BCUT2D eigenvalue weighted by atomic mass is 10.2. The number of hydrogen-bond acceptors (Lipinski definition) is 5. The molecule has 0 saturated heterocycles. The van der Waals surface area contributed by atoms with Crippen molar-refractivity contribution in [2.75, 3.05) is 25.1 Å². The van der Waals surface area contributed by atoms with Crippen LogP contribution < -0.4 is 14.8 Å². The fourth-order valence-electron chi connectivity index (χ4n) is 2.40. The number of rotatable bonds is 4. The highest BCUT2D eigenvalue weighted by molar-refractivity contribution is 6.32. The Labute approximate surface area is 156 Å². The van der Waals surface area contributed by atoms with Gasteiger partial charge in [0.2, 0.25) is 0 Å². The van der Waals surface area contributed by atoms with Crippen molar-refractivity contribution < 1.29 is 23.8 Å². The molecule has 0 aromatic heterocycles. The first-order valence-corrected chi connectivity index (χ1v) is 8.53. The minimum Gasteiger partial charge on any atom is -0.489 e. The maximum atomic E-state index is 12.2. The molecule has 0 bridgehead atoms. The quantitative estimate of drug-likeness (QED) is 0.826. The van der Waals surface area contributed by atoms with E-state index < -0.39 is 18.5 Å². The standard InChI is InChI=1S/C19H18ClNO5/c1-12-3-5-14(6-4-12)21-17(22)11-26-19(23)13-9-15(20)18-16(10-13)24-7-2-8-25-18/h3-6,9-10H,2,7-8,11H2,1H3,(H,21,22). The summed E-state index contributed by atoms with van der Waals surface area (Å²) in [6, 6.07) is 10.3. The van der Waals surface area contributed by atoms with Crippen LogP contribution in [-0.4, -0.2) is 31.7 Å². The molecule has 1 N–H and O–H groups in total. The molecule has 136 valence electrons. The second-order valence-corrected chi connectivity index (χ2v) is 6.23. The average molecular weight is 376 g/mol. The molecule has 1 aliphatic heterocycles. The van der Waals surface area contributed by atoms with Crippen molar-refractivity contribution in [2.45, 2.75) is 13.3 Å². The van der Waals surface area contributed by atoms with E-state index in [0.29, 0.717) is 30.4 Å². The van der Waals surface area contributed by atoms with E-state index >= 15 is 0 Å². The molecule has 1 amide bonds. The fraction of sp³-hybridized carbons (Fsp3) is 0.263. The van der Waals surface area contributed by atoms with Crippen LogP contribution in [0.15, 0.2) is 36.4 Å². The molecule has 0 atom stereocenters. The van der Waals surface area contributed by atoms with Crippen LogP contribution in [0.2, 0.25) is 5.02 Å². The molecular weight excluding hydrogens is 358 g/mol. The zero-order chi connectivity index (χ0) is 18.5. The van der Waals surface area contributed by atoms with Crippen LogP contribution in [0.4, 0.5) is 5.69 Å². The number of carbonyl (C=O) groups is 2. The van der Waals surface area contributed by atoms with Gasteiger partial charge in [-0.1, -0.05) is 29.3 Å². The summed E-state index contributed by atoms with van der Waals surface area (Å²) in [6.45, 7) is 2.52. The molecule has 2 aromatic rings. The summed E-state index contributed by atoms with van der Waals surface area (Å²) < 4.78 is 16.1. The lowest BCUT2D eigenvalue weighted by Gasteiger charge is -2.11. The van der Waals surface area contributed by atoms with Gasteiger partial charge >= 0.3 is 5.97 Å². The Morgan fingerprint density at radius 2 is 1.88 bits per heavy atom. The van der Waals surface area contributed by atoms with Crippen molar-refractivity contribution >= 4 is 29.2 Å². The number of hydrogen-bond donors (Lipinski definition) is 1. The Morgan fingerprint density at radius 3 is 2.65 bits per heavy atom. The van der Waals surface area contributed by atoms with Crippen LogP contribution in [0.3, 0.4) is 0 Å². The topological polar surface area (TPSA) is 73.9 Å². The van der Waals surface area contributed by atoms with E-state index in [1.165, 1.54) is 12.1 Å². The second-order valence-electron chi connectivity index (χ2n) is 5.83. The summed E-state index contributed by atoms with van der Waals surface area (Å²) in [5.41, 5.74) is 1.92. The fourth-order valence-corrected chi connectivity index (χ4v) is 2.66.